The molecular weight excluding hydrogens is 210 g/mol. The number of nitrogens with zero attached hydrogens (tertiary/aromatic N) is 1. The largest absolute Gasteiger partial charge is 0.314 e. The van der Waals surface area contributed by atoms with Crippen molar-refractivity contribution in [3.05, 3.63) is 35.9 Å². The van der Waals surface area contributed by atoms with Crippen LogP contribution in [0.1, 0.15) is 18.0 Å². The zero-order valence-corrected chi connectivity index (χ0v) is 10.7. The van der Waals surface area contributed by atoms with Gasteiger partial charge in [0.15, 0.2) is 0 Å². The third-order valence-electron chi connectivity index (χ3n) is 3.49. The van der Waals surface area contributed by atoms with Gasteiger partial charge in [0.1, 0.15) is 0 Å². The first-order valence-corrected chi connectivity index (χ1v) is 6.55. The lowest BCUT2D eigenvalue weighted by Crippen LogP contribution is -2.44. The molecule has 3 nitrogen and oxygen atoms in total. The van der Waals surface area contributed by atoms with Crippen LogP contribution in [-0.2, 0) is 0 Å². The van der Waals surface area contributed by atoms with Crippen LogP contribution in [0.3, 0.4) is 0 Å². The van der Waals surface area contributed by atoms with E-state index in [1.165, 1.54) is 31.6 Å². The van der Waals surface area contributed by atoms with E-state index < -0.39 is 0 Å². The highest BCUT2D eigenvalue weighted by Crippen LogP contribution is 2.16. The average Bonchev–Trinajstić information content (AvgIpc) is 2.42. The molecule has 1 aromatic carbocycles. The van der Waals surface area contributed by atoms with Crippen LogP contribution in [0.4, 0.5) is 0 Å². The summed E-state index contributed by atoms with van der Waals surface area (Å²) < 4.78 is 0. The van der Waals surface area contributed by atoms with Gasteiger partial charge in [0.25, 0.3) is 0 Å². The van der Waals surface area contributed by atoms with Gasteiger partial charge in [-0.05, 0) is 19.0 Å². The zero-order chi connectivity index (χ0) is 11.9. The van der Waals surface area contributed by atoms with Gasteiger partial charge < -0.3 is 15.5 Å². The lowest BCUT2D eigenvalue weighted by Gasteiger charge is -2.28. The molecule has 0 bridgehead atoms. The minimum Gasteiger partial charge on any atom is -0.314 e. The Labute approximate surface area is 104 Å². The van der Waals surface area contributed by atoms with Gasteiger partial charge in [0.2, 0.25) is 0 Å². The Morgan fingerprint density at radius 3 is 2.59 bits per heavy atom. The van der Waals surface area contributed by atoms with E-state index in [9.17, 15) is 0 Å². The monoisotopic (exact) mass is 233 g/mol. The standard InChI is InChI=1S/C14H23N3/c1-15-14(13-5-3-2-4-6-13)7-10-17-11-8-16-9-12-17/h2-6,14-16H,7-12H2,1H3. The lowest BCUT2D eigenvalue weighted by atomic mass is 10.0. The number of rotatable bonds is 5. The minimum atomic E-state index is 0.478. The van der Waals surface area contributed by atoms with Crippen molar-refractivity contribution in [3.8, 4) is 0 Å². The number of benzene rings is 1. The van der Waals surface area contributed by atoms with E-state index in [1.54, 1.807) is 0 Å². The summed E-state index contributed by atoms with van der Waals surface area (Å²) >= 11 is 0. The Bertz CT molecular complexity index is 307. The van der Waals surface area contributed by atoms with Crippen LogP contribution in [0, 0.1) is 0 Å². The first kappa shape index (κ1) is 12.6. The maximum Gasteiger partial charge on any atom is 0.0329 e. The summed E-state index contributed by atoms with van der Waals surface area (Å²) in [6.07, 6.45) is 1.18. The van der Waals surface area contributed by atoms with Crippen molar-refractivity contribution < 1.29 is 0 Å². The SMILES string of the molecule is CNC(CCN1CCNCC1)c1ccccc1. The Kier molecular flexibility index (Phi) is 4.98. The van der Waals surface area contributed by atoms with Crippen LogP contribution in [-0.4, -0.2) is 44.7 Å². The second kappa shape index (κ2) is 6.74. The molecule has 2 rings (SSSR count). The van der Waals surface area contributed by atoms with Crippen molar-refractivity contribution in [2.24, 2.45) is 0 Å². The number of nitrogens with one attached hydrogen (secondary N) is 2. The van der Waals surface area contributed by atoms with Gasteiger partial charge in [0, 0.05) is 38.8 Å². The normalized spacial score (nSPS) is 19.1. The molecule has 17 heavy (non-hydrogen) atoms. The van der Waals surface area contributed by atoms with Crippen molar-refractivity contribution >= 4 is 0 Å². The molecule has 1 unspecified atom stereocenters. The highest BCUT2D eigenvalue weighted by molar-refractivity contribution is 5.18. The van der Waals surface area contributed by atoms with Crippen LogP contribution in [0.5, 0.6) is 0 Å². The van der Waals surface area contributed by atoms with Gasteiger partial charge >= 0.3 is 0 Å². The fourth-order valence-corrected chi connectivity index (χ4v) is 2.41. The predicted octanol–water partition coefficient (Wildman–Crippen LogP) is 1.24. The lowest BCUT2D eigenvalue weighted by molar-refractivity contribution is 0.229. The zero-order valence-electron chi connectivity index (χ0n) is 10.7. The molecule has 94 valence electrons. The van der Waals surface area contributed by atoms with Crippen LogP contribution in [0.25, 0.3) is 0 Å². The van der Waals surface area contributed by atoms with Gasteiger partial charge in [-0.1, -0.05) is 30.3 Å². The van der Waals surface area contributed by atoms with E-state index in [2.05, 4.69) is 52.9 Å². The molecule has 0 radical (unpaired) electrons. The third-order valence-corrected chi connectivity index (χ3v) is 3.49. The van der Waals surface area contributed by atoms with Gasteiger partial charge in [-0.2, -0.15) is 0 Å². The maximum absolute atomic E-state index is 3.42. The topological polar surface area (TPSA) is 27.3 Å². The Balaban J connectivity index is 1.83. The first-order chi connectivity index (χ1) is 8.40. The molecule has 0 spiro atoms. The molecule has 2 N–H and O–H groups in total. The van der Waals surface area contributed by atoms with Crippen molar-refractivity contribution in [2.75, 3.05) is 39.8 Å². The van der Waals surface area contributed by atoms with E-state index in [-0.39, 0.29) is 0 Å². The summed E-state index contributed by atoms with van der Waals surface area (Å²) in [5.74, 6) is 0. The van der Waals surface area contributed by atoms with Crippen molar-refractivity contribution in [3.63, 3.8) is 0 Å². The smallest absolute Gasteiger partial charge is 0.0329 e. The van der Waals surface area contributed by atoms with Gasteiger partial charge in [-0.25, -0.2) is 0 Å². The van der Waals surface area contributed by atoms with E-state index >= 15 is 0 Å². The molecule has 1 saturated heterocycles. The Morgan fingerprint density at radius 2 is 1.94 bits per heavy atom. The minimum absolute atomic E-state index is 0.478. The van der Waals surface area contributed by atoms with Crippen LogP contribution in [0.2, 0.25) is 0 Å². The van der Waals surface area contributed by atoms with E-state index in [0.717, 1.165) is 13.1 Å². The molecule has 1 aromatic rings. The van der Waals surface area contributed by atoms with E-state index in [0.29, 0.717) is 6.04 Å². The molecule has 0 amide bonds. The molecule has 0 aliphatic carbocycles. The Hall–Kier alpha value is -0.900. The average molecular weight is 233 g/mol. The predicted molar refractivity (Wildman–Crippen MR) is 72.2 cm³/mol. The Morgan fingerprint density at radius 1 is 1.24 bits per heavy atom. The van der Waals surface area contributed by atoms with Gasteiger partial charge in [0.05, 0.1) is 0 Å². The van der Waals surface area contributed by atoms with E-state index in [1.807, 2.05) is 0 Å². The quantitative estimate of drug-likeness (QED) is 0.801. The summed E-state index contributed by atoms with van der Waals surface area (Å²) in [5.41, 5.74) is 1.39. The third kappa shape index (κ3) is 3.80. The molecular formula is C14H23N3. The molecule has 3 heteroatoms. The van der Waals surface area contributed by atoms with Crippen LogP contribution in [0.15, 0.2) is 30.3 Å². The fraction of sp³-hybridized carbons (Fsp3) is 0.571. The van der Waals surface area contributed by atoms with E-state index in [4.69, 9.17) is 0 Å². The van der Waals surface area contributed by atoms with Crippen molar-refractivity contribution in [1.82, 2.24) is 15.5 Å². The fourth-order valence-electron chi connectivity index (χ4n) is 2.41. The number of piperazine rings is 1. The van der Waals surface area contributed by atoms with Crippen molar-refractivity contribution in [1.29, 1.82) is 0 Å². The molecule has 1 fully saturated rings. The molecule has 1 aliphatic heterocycles. The van der Waals surface area contributed by atoms with Gasteiger partial charge in [-0.3, -0.25) is 0 Å². The molecule has 0 aromatic heterocycles. The van der Waals surface area contributed by atoms with Crippen LogP contribution < -0.4 is 10.6 Å². The highest BCUT2D eigenvalue weighted by Gasteiger charge is 2.13. The van der Waals surface area contributed by atoms with Crippen molar-refractivity contribution in [2.45, 2.75) is 12.5 Å². The number of hydrogen-bond donors (Lipinski definition) is 2. The first-order valence-electron chi connectivity index (χ1n) is 6.55. The maximum atomic E-state index is 3.42. The highest BCUT2D eigenvalue weighted by atomic mass is 15.2. The molecule has 1 atom stereocenters. The summed E-state index contributed by atoms with van der Waals surface area (Å²) in [7, 11) is 2.05. The molecule has 1 heterocycles. The second-order valence-corrected chi connectivity index (χ2v) is 4.63. The second-order valence-electron chi connectivity index (χ2n) is 4.63. The molecule has 1 aliphatic rings. The van der Waals surface area contributed by atoms with Gasteiger partial charge in [-0.15, -0.1) is 0 Å². The number of hydrogen-bond acceptors (Lipinski definition) is 3. The van der Waals surface area contributed by atoms with Crippen LogP contribution >= 0.6 is 0 Å². The summed E-state index contributed by atoms with van der Waals surface area (Å²) in [6, 6.07) is 11.2. The summed E-state index contributed by atoms with van der Waals surface area (Å²) in [6.45, 7) is 5.82. The summed E-state index contributed by atoms with van der Waals surface area (Å²) in [5, 5.41) is 6.81. The summed E-state index contributed by atoms with van der Waals surface area (Å²) in [4.78, 5) is 2.55. The molecule has 0 saturated carbocycles.